The number of Topliss-reactive ketones (excluding diaryl/α,β-unsaturated/α-hetero) is 1. The lowest BCUT2D eigenvalue weighted by atomic mass is 9.72. The minimum absolute atomic E-state index is 0.0422. The summed E-state index contributed by atoms with van der Waals surface area (Å²) in [6, 6.07) is 17.3. The van der Waals surface area contributed by atoms with Crippen LogP contribution in [-0.4, -0.2) is 18.3 Å². The third-order valence-corrected chi connectivity index (χ3v) is 7.68. The quantitative estimate of drug-likeness (QED) is 0.416. The van der Waals surface area contributed by atoms with Gasteiger partial charge in [0.05, 0.1) is 6.61 Å². The molecule has 0 fully saturated rings. The van der Waals surface area contributed by atoms with Crippen molar-refractivity contribution >= 4 is 28.7 Å². The van der Waals surface area contributed by atoms with Crippen molar-refractivity contribution in [3.63, 3.8) is 0 Å². The summed E-state index contributed by atoms with van der Waals surface area (Å²) >= 11 is 1.66. The molecule has 2 aromatic carbocycles. The van der Waals surface area contributed by atoms with Crippen LogP contribution in [0.25, 0.3) is 0 Å². The number of hydrogen-bond donors (Lipinski definition) is 2. The standard InChI is InChI=1S/C29H27FN2O3S/c1-3-35-22-12-6-18(7-13-22)27-26(29(34)32-21-10-8-20(30)9-11-21)17(2)31-23-15-19(16-24(33)28(23)27)25-5-4-14-36-25/h4-14,19,27,31H,3,15-16H2,1-2H3,(H,32,34)/t19-,27-/m0/s1. The molecule has 0 radical (unpaired) electrons. The fraction of sp³-hybridized carbons (Fsp3) is 0.241. The lowest BCUT2D eigenvalue weighted by Gasteiger charge is -2.36. The van der Waals surface area contributed by atoms with Crippen LogP contribution in [0.4, 0.5) is 10.1 Å². The summed E-state index contributed by atoms with van der Waals surface area (Å²) in [4.78, 5) is 28.4. The van der Waals surface area contributed by atoms with Crippen molar-refractivity contribution in [3.05, 3.63) is 105 Å². The molecule has 2 atom stereocenters. The van der Waals surface area contributed by atoms with Gasteiger partial charge in [-0.25, -0.2) is 4.39 Å². The largest absolute Gasteiger partial charge is 0.494 e. The van der Waals surface area contributed by atoms with Crippen molar-refractivity contribution in [1.29, 1.82) is 0 Å². The van der Waals surface area contributed by atoms with Gasteiger partial charge in [0.15, 0.2) is 5.78 Å². The van der Waals surface area contributed by atoms with Gasteiger partial charge in [-0.1, -0.05) is 18.2 Å². The van der Waals surface area contributed by atoms with Crippen LogP contribution in [0, 0.1) is 5.82 Å². The molecule has 0 unspecified atom stereocenters. The number of carbonyl (C=O) groups is 2. The van der Waals surface area contributed by atoms with E-state index < -0.39 is 5.92 Å². The van der Waals surface area contributed by atoms with Gasteiger partial charge in [-0.3, -0.25) is 9.59 Å². The van der Waals surface area contributed by atoms with Crippen molar-refractivity contribution in [2.75, 3.05) is 11.9 Å². The zero-order valence-corrected chi connectivity index (χ0v) is 21.0. The number of nitrogens with one attached hydrogen (secondary N) is 2. The first-order chi connectivity index (χ1) is 17.4. The number of ether oxygens (including phenoxy) is 1. The van der Waals surface area contributed by atoms with Crippen molar-refractivity contribution in [2.45, 2.75) is 38.5 Å². The van der Waals surface area contributed by atoms with Gasteiger partial charge in [0, 0.05) is 51.4 Å². The van der Waals surface area contributed by atoms with E-state index in [1.54, 1.807) is 11.3 Å². The van der Waals surface area contributed by atoms with E-state index in [1.165, 1.54) is 29.1 Å². The first-order valence-corrected chi connectivity index (χ1v) is 12.9. The van der Waals surface area contributed by atoms with E-state index in [1.807, 2.05) is 49.6 Å². The number of anilines is 1. The van der Waals surface area contributed by atoms with E-state index >= 15 is 0 Å². The minimum atomic E-state index is -0.519. The smallest absolute Gasteiger partial charge is 0.254 e. The lowest BCUT2D eigenvalue weighted by molar-refractivity contribution is -0.116. The van der Waals surface area contributed by atoms with Crippen LogP contribution in [0.2, 0.25) is 0 Å². The molecule has 36 heavy (non-hydrogen) atoms. The summed E-state index contributed by atoms with van der Waals surface area (Å²) in [6.07, 6.45) is 1.11. The Kier molecular flexibility index (Phi) is 6.74. The van der Waals surface area contributed by atoms with Crippen molar-refractivity contribution in [3.8, 4) is 5.75 Å². The highest BCUT2D eigenvalue weighted by molar-refractivity contribution is 7.10. The summed E-state index contributed by atoms with van der Waals surface area (Å²) < 4.78 is 19.0. The highest BCUT2D eigenvalue weighted by atomic mass is 32.1. The van der Waals surface area contributed by atoms with Gasteiger partial charge in [-0.05, 0) is 73.7 Å². The molecule has 2 aliphatic rings. The maximum Gasteiger partial charge on any atom is 0.254 e. The number of amides is 1. The van der Waals surface area contributed by atoms with E-state index in [4.69, 9.17) is 4.74 Å². The summed E-state index contributed by atoms with van der Waals surface area (Å²) in [7, 11) is 0. The Bertz CT molecular complexity index is 1340. The zero-order chi connectivity index (χ0) is 25.2. The first kappa shape index (κ1) is 24.0. The molecule has 1 amide bonds. The molecular formula is C29H27FN2O3S. The maximum atomic E-state index is 13.6. The molecule has 0 bridgehead atoms. The SMILES string of the molecule is CCOc1ccc([C@H]2C(C(=O)Nc3ccc(F)cc3)=C(C)NC3=C2C(=O)C[C@@H](c2cccs2)C3)cc1. The van der Waals surface area contributed by atoms with Crippen LogP contribution in [-0.2, 0) is 9.59 Å². The molecule has 5 rings (SSSR count). The molecule has 3 aromatic rings. The average Bonchev–Trinajstić information content (AvgIpc) is 3.40. The third kappa shape index (κ3) is 4.71. The van der Waals surface area contributed by atoms with E-state index in [9.17, 15) is 14.0 Å². The Morgan fingerprint density at radius 3 is 2.53 bits per heavy atom. The van der Waals surface area contributed by atoms with E-state index in [2.05, 4.69) is 16.7 Å². The number of thiophene rings is 1. The molecule has 0 spiro atoms. The van der Waals surface area contributed by atoms with Gasteiger partial charge in [-0.15, -0.1) is 11.3 Å². The predicted octanol–water partition coefficient (Wildman–Crippen LogP) is 6.29. The molecule has 1 aliphatic heterocycles. The molecule has 2 heterocycles. The number of halogens is 1. The van der Waals surface area contributed by atoms with Gasteiger partial charge in [0.2, 0.25) is 0 Å². The Morgan fingerprint density at radius 2 is 1.86 bits per heavy atom. The van der Waals surface area contributed by atoms with E-state index in [0.29, 0.717) is 42.0 Å². The first-order valence-electron chi connectivity index (χ1n) is 12.0. The number of rotatable bonds is 6. The summed E-state index contributed by atoms with van der Waals surface area (Å²) in [5.74, 6) is -0.333. The molecule has 1 aliphatic carbocycles. The summed E-state index contributed by atoms with van der Waals surface area (Å²) in [5.41, 5.74) is 4.02. The second-order valence-electron chi connectivity index (χ2n) is 9.00. The fourth-order valence-electron chi connectivity index (χ4n) is 5.05. The van der Waals surface area contributed by atoms with Crippen LogP contribution in [0.15, 0.2) is 88.6 Å². The number of dihydropyridines is 1. The molecule has 0 saturated carbocycles. The van der Waals surface area contributed by atoms with Gasteiger partial charge in [0.1, 0.15) is 11.6 Å². The van der Waals surface area contributed by atoms with Gasteiger partial charge in [0.25, 0.3) is 5.91 Å². The zero-order valence-electron chi connectivity index (χ0n) is 20.1. The van der Waals surface area contributed by atoms with Crippen LogP contribution < -0.4 is 15.4 Å². The fourth-order valence-corrected chi connectivity index (χ4v) is 5.88. The van der Waals surface area contributed by atoms with Gasteiger partial charge < -0.3 is 15.4 Å². The highest BCUT2D eigenvalue weighted by Gasteiger charge is 2.41. The summed E-state index contributed by atoms with van der Waals surface area (Å²) in [5, 5.41) is 8.31. The molecule has 5 nitrogen and oxygen atoms in total. The molecule has 0 saturated heterocycles. The van der Waals surface area contributed by atoms with Crippen molar-refractivity contribution in [1.82, 2.24) is 5.32 Å². The number of carbonyl (C=O) groups excluding carboxylic acids is 2. The Balaban J connectivity index is 1.55. The number of allylic oxidation sites excluding steroid dienone is 3. The average molecular weight is 503 g/mol. The normalized spacial score (nSPS) is 19.6. The second-order valence-corrected chi connectivity index (χ2v) is 9.98. The van der Waals surface area contributed by atoms with Crippen molar-refractivity contribution in [2.24, 2.45) is 0 Å². The Hall–Kier alpha value is -3.71. The number of hydrogen-bond acceptors (Lipinski definition) is 5. The van der Waals surface area contributed by atoms with Crippen LogP contribution >= 0.6 is 11.3 Å². The number of ketones is 1. The van der Waals surface area contributed by atoms with Gasteiger partial charge in [-0.2, -0.15) is 0 Å². The topological polar surface area (TPSA) is 67.4 Å². The molecule has 1 aromatic heterocycles. The maximum absolute atomic E-state index is 13.6. The molecule has 2 N–H and O–H groups in total. The Labute approximate surface area is 213 Å². The molecule has 7 heteroatoms. The van der Waals surface area contributed by atoms with Crippen LogP contribution in [0.1, 0.15) is 49.0 Å². The summed E-state index contributed by atoms with van der Waals surface area (Å²) in [6.45, 7) is 4.34. The minimum Gasteiger partial charge on any atom is -0.494 e. The third-order valence-electron chi connectivity index (χ3n) is 6.64. The van der Waals surface area contributed by atoms with Gasteiger partial charge >= 0.3 is 0 Å². The molecular weight excluding hydrogens is 475 g/mol. The van der Waals surface area contributed by atoms with Crippen molar-refractivity contribution < 1.29 is 18.7 Å². The van der Waals surface area contributed by atoms with Crippen LogP contribution in [0.5, 0.6) is 5.75 Å². The predicted molar refractivity (Wildman–Crippen MR) is 140 cm³/mol. The lowest BCUT2D eigenvalue weighted by Crippen LogP contribution is -2.37. The number of benzene rings is 2. The molecule has 184 valence electrons. The second kappa shape index (κ2) is 10.1. The monoisotopic (exact) mass is 502 g/mol. The Morgan fingerprint density at radius 1 is 1.11 bits per heavy atom. The van der Waals surface area contributed by atoms with Crippen LogP contribution in [0.3, 0.4) is 0 Å². The van der Waals surface area contributed by atoms with E-state index in [-0.39, 0.29) is 23.4 Å². The highest BCUT2D eigenvalue weighted by Crippen LogP contribution is 2.46. The van der Waals surface area contributed by atoms with E-state index in [0.717, 1.165) is 17.0 Å².